The van der Waals surface area contributed by atoms with E-state index in [0.29, 0.717) is 5.95 Å². The van der Waals surface area contributed by atoms with Gasteiger partial charge in [0, 0.05) is 18.4 Å². The molecule has 0 saturated heterocycles. The van der Waals surface area contributed by atoms with E-state index in [9.17, 15) is 4.79 Å². The van der Waals surface area contributed by atoms with Crippen LogP contribution in [0.4, 0.5) is 10.7 Å². The summed E-state index contributed by atoms with van der Waals surface area (Å²) in [6, 6.07) is -0.117. The van der Waals surface area contributed by atoms with E-state index >= 15 is 0 Å². The second-order valence-electron chi connectivity index (χ2n) is 2.66. The van der Waals surface area contributed by atoms with Crippen molar-refractivity contribution in [2.45, 2.75) is 19.9 Å². The smallest absolute Gasteiger partial charge is 0.414 e. The van der Waals surface area contributed by atoms with Crippen LogP contribution in [0.25, 0.3) is 0 Å². The van der Waals surface area contributed by atoms with E-state index in [1.165, 1.54) is 11.1 Å². The van der Waals surface area contributed by atoms with Crippen LogP contribution in [0.1, 0.15) is 13.8 Å². The van der Waals surface area contributed by atoms with E-state index < -0.39 is 6.09 Å². The van der Waals surface area contributed by atoms with Gasteiger partial charge in [0.2, 0.25) is 5.95 Å². The SMILES string of the molecule is CC(C)N(C(=O)O)c1ncc[nH]1. The Morgan fingerprint density at radius 1 is 1.75 bits per heavy atom. The maximum absolute atomic E-state index is 10.7. The van der Waals surface area contributed by atoms with Crippen molar-refractivity contribution in [1.82, 2.24) is 9.97 Å². The summed E-state index contributed by atoms with van der Waals surface area (Å²) in [7, 11) is 0. The van der Waals surface area contributed by atoms with Crippen LogP contribution in [0.2, 0.25) is 0 Å². The maximum Gasteiger partial charge on any atom is 0.414 e. The van der Waals surface area contributed by atoms with E-state index in [0.717, 1.165) is 0 Å². The molecule has 0 aliphatic rings. The number of hydrogen-bond acceptors (Lipinski definition) is 2. The van der Waals surface area contributed by atoms with Gasteiger partial charge in [0.15, 0.2) is 0 Å². The zero-order valence-corrected chi connectivity index (χ0v) is 6.98. The molecule has 1 aromatic rings. The van der Waals surface area contributed by atoms with Crippen molar-refractivity contribution in [3.05, 3.63) is 12.4 Å². The molecule has 0 fully saturated rings. The predicted molar refractivity (Wildman–Crippen MR) is 44.2 cm³/mol. The summed E-state index contributed by atoms with van der Waals surface area (Å²) in [4.78, 5) is 18.5. The minimum absolute atomic E-state index is 0.117. The minimum atomic E-state index is -1.00. The molecule has 0 atom stereocenters. The maximum atomic E-state index is 10.7. The van der Waals surface area contributed by atoms with Gasteiger partial charge >= 0.3 is 6.09 Å². The molecule has 0 aromatic carbocycles. The molecule has 0 bridgehead atoms. The average Bonchev–Trinajstić information content (AvgIpc) is 2.37. The van der Waals surface area contributed by atoms with Gasteiger partial charge in [-0.25, -0.2) is 14.7 Å². The van der Waals surface area contributed by atoms with E-state index in [4.69, 9.17) is 5.11 Å². The third-order valence-electron chi connectivity index (χ3n) is 1.43. The van der Waals surface area contributed by atoms with Gasteiger partial charge < -0.3 is 10.1 Å². The van der Waals surface area contributed by atoms with Gasteiger partial charge in [-0.1, -0.05) is 0 Å². The molecule has 0 spiro atoms. The molecule has 1 rings (SSSR count). The highest BCUT2D eigenvalue weighted by atomic mass is 16.4. The summed E-state index contributed by atoms with van der Waals surface area (Å²) in [5.41, 5.74) is 0. The van der Waals surface area contributed by atoms with Gasteiger partial charge in [0.05, 0.1) is 0 Å². The lowest BCUT2D eigenvalue weighted by Crippen LogP contribution is -2.36. The summed E-state index contributed by atoms with van der Waals surface area (Å²) in [6.07, 6.45) is 2.11. The summed E-state index contributed by atoms with van der Waals surface area (Å²) < 4.78 is 0. The van der Waals surface area contributed by atoms with Crippen LogP contribution in [0.5, 0.6) is 0 Å². The highest BCUT2D eigenvalue weighted by molar-refractivity contribution is 5.83. The number of aromatic nitrogens is 2. The number of rotatable bonds is 2. The highest BCUT2D eigenvalue weighted by Gasteiger charge is 2.19. The summed E-state index contributed by atoms with van der Waals surface area (Å²) >= 11 is 0. The van der Waals surface area contributed by atoms with E-state index in [1.54, 1.807) is 20.0 Å². The molecule has 5 nitrogen and oxygen atoms in total. The number of nitrogens with one attached hydrogen (secondary N) is 1. The topological polar surface area (TPSA) is 69.2 Å². The first-order valence-electron chi connectivity index (χ1n) is 3.64. The fourth-order valence-corrected chi connectivity index (χ4v) is 0.945. The largest absolute Gasteiger partial charge is 0.465 e. The van der Waals surface area contributed by atoms with Crippen LogP contribution in [-0.2, 0) is 0 Å². The average molecular weight is 169 g/mol. The second-order valence-corrected chi connectivity index (χ2v) is 2.66. The number of imidazole rings is 1. The van der Waals surface area contributed by atoms with Crippen LogP contribution in [0.3, 0.4) is 0 Å². The Labute approximate surface area is 70.0 Å². The van der Waals surface area contributed by atoms with Gasteiger partial charge in [-0.15, -0.1) is 0 Å². The zero-order chi connectivity index (χ0) is 9.14. The summed E-state index contributed by atoms with van der Waals surface area (Å²) in [6.45, 7) is 3.58. The Morgan fingerprint density at radius 2 is 2.42 bits per heavy atom. The van der Waals surface area contributed by atoms with Crippen LogP contribution in [-0.4, -0.2) is 27.2 Å². The molecule has 66 valence electrons. The minimum Gasteiger partial charge on any atom is -0.465 e. The molecule has 0 unspecified atom stereocenters. The first-order chi connectivity index (χ1) is 5.63. The predicted octanol–water partition coefficient (Wildman–Crippen LogP) is 1.30. The van der Waals surface area contributed by atoms with Gasteiger partial charge in [-0.2, -0.15) is 0 Å². The number of carbonyl (C=O) groups is 1. The van der Waals surface area contributed by atoms with Gasteiger partial charge in [0.25, 0.3) is 0 Å². The number of anilines is 1. The first-order valence-corrected chi connectivity index (χ1v) is 3.64. The summed E-state index contributed by atoms with van der Waals surface area (Å²) in [5, 5.41) is 8.78. The number of carboxylic acid groups (broad SMARTS) is 1. The fraction of sp³-hybridized carbons (Fsp3) is 0.429. The number of H-pyrrole nitrogens is 1. The third-order valence-corrected chi connectivity index (χ3v) is 1.43. The van der Waals surface area contributed by atoms with Crippen LogP contribution >= 0.6 is 0 Å². The lowest BCUT2D eigenvalue weighted by molar-refractivity contribution is 0.199. The van der Waals surface area contributed by atoms with Crippen molar-refractivity contribution >= 4 is 12.0 Å². The number of aromatic amines is 1. The molecule has 1 aromatic heterocycles. The first kappa shape index (κ1) is 8.58. The molecular formula is C7H11N3O2. The molecule has 1 heterocycles. The quantitative estimate of drug-likeness (QED) is 0.701. The number of amides is 1. The lowest BCUT2D eigenvalue weighted by Gasteiger charge is -2.19. The summed E-state index contributed by atoms with van der Waals surface area (Å²) in [5.74, 6) is 0.359. The Hall–Kier alpha value is -1.52. The highest BCUT2D eigenvalue weighted by Crippen LogP contribution is 2.09. The Bertz CT molecular complexity index is 256. The van der Waals surface area contributed by atoms with Crippen LogP contribution < -0.4 is 4.90 Å². The Morgan fingerprint density at radius 3 is 2.75 bits per heavy atom. The third kappa shape index (κ3) is 1.55. The Kier molecular flexibility index (Phi) is 2.32. The molecule has 5 heteroatoms. The van der Waals surface area contributed by atoms with Gasteiger partial charge in [0.1, 0.15) is 0 Å². The lowest BCUT2D eigenvalue weighted by atomic mass is 10.3. The molecule has 0 radical (unpaired) electrons. The van der Waals surface area contributed by atoms with Crippen LogP contribution in [0, 0.1) is 0 Å². The van der Waals surface area contributed by atoms with E-state index in [1.807, 2.05) is 0 Å². The molecule has 0 aliphatic carbocycles. The zero-order valence-electron chi connectivity index (χ0n) is 6.98. The van der Waals surface area contributed by atoms with Crippen molar-refractivity contribution in [3.8, 4) is 0 Å². The Balaban J connectivity index is 2.88. The van der Waals surface area contributed by atoms with Crippen LogP contribution in [0.15, 0.2) is 12.4 Å². The van der Waals surface area contributed by atoms with Gasteiger partial charge in [-0.05, 0) is 13.8 Å². The normalized spacial score (nSPS) is 10.2. The monoisotopic (exact) mass is 169 g/mol. The van der Waals surface area contributed by atoms with E-state index in [2.05, 4.69) is 9.97 Å². The molecule has 0 aliphatic heterocycles. The molecular weight excluding hydrogens is 158 g/mol. The second kappa shape index (κ2) is 3.25. The van der Waals surface area contributed by atoms with Crippen molar-refractivity contribution in [2.75, 3.05) is 4.90 Å². The number of nitrogens with zero attached hydrogens (tertiary/aromatic N) is 2. The van der Waals surface area contributed by atoms with Crippen molar-refractivity contribution < 1.29 is 9.90 Å². The molecule has 0 saturated carbocycles. The van der Waals surface area contributed by atoms with E-state index in [-0.39, 0.29) is 6.04 Å². The van der Waals surface area contributed by atoms with Gasteiger partial charge in [-0.3, -0.25) is 0 Å². The molecule has 2 N–H and O–H groups in total. The number of hydrogen-bond donors (Lipinski definition) is 2. The molecule has 1 amide bonds. The van der Waals surface area contributed by atoms with Crippen molar-refractivity contribution in [2.24, 2.45) is 0 Å². The standard InChI is InChI=1S/C7H11N3O2/c1-5(2)10(7(11)12)6-8-3-4-9-6/h3-5H,1-2H3,(H,8,9)(H,11,12). The van der Waals surface area contributed by atoms with Crippen molar-refractivity contribution in [3.63, 3.8) is 0 Å². The fourth-order valence-electron chi connectivity index (χ4n) is 0.945. The molecule has 12 heavy (non-hydrogen) atoms. The van der Waals surface area contributed by atoms with Crippen molar-refractivity contribution in [1.29, 1.82) is 0 Å².